The first kappa shape index (κ1) is 14.7. The average Bonchev–Trinajstić information content (AvgIpc) is 3.06. The zero-order valence-corrected chi connectivity index (χ0v) is 14.2. The second-order valence-corrected chi connectivity index (χ2v) is 8.35. The maximum atomic E-state index is 10.7. The van der Waals surface area contributed by atoms with Crippen molar-refractivity contribution in [1.29, 1.82) is 0 Å². The van der Waals surface area contributed by atoms with Crippen molar-refractivity contribution in [2.75, 3.05) is 5.75 Å². The van der Waals surface area contributed by atoms with Crippen LogP contribution in [-0.2, 0) is 0 Å². The van der Waals surface area contributed by atoms with E-state index in [1.54, 1.807) is 23.1 Å². The number of aromatic nitrogens is 3. The number of thiophene rings is 1. The van der Waals surface area contributed by atoms with E-state index in [4.69, 9.17) is 0 Å². The van der Waals surface area contributed by atoms with E-state index in [0.29, 0.717) is 6.04 Å². The van der Waals surface area contributed by atoms with E-state index >= 15 is 0 Å². The first-order valence-corrected chi connectivity index (χ1v) is 9.96. The molecule has 0 amide bonds. The Morgan fingerprint density at radius 2 is 2.09 bits per heavy atom. The second kappa shape index (κ2) is 5.98. The number of hydrogen-bond donors (Lipinski definition) is 1. The summed E-state index contributed by atoms with van der Waals surface area (Å²) >= 11 is 3.39. The lowest BCUT2D eigenvalue weighted by molar-refractivity contribution is 0.0272. The molecular formula is C16H21N3OS2. The van der Waals surface area contributed by atoms with Crippen molar-refractivity contribution in [3.63, 3.8) is 0 Å². The van der Waals surface area contributed by atoms with Gasteiger partial charge < -0.3 is 5.11 Å². The molecule has 0 atom stereocenters. The summed E-state index contributed by atoms with van der Waals surface area (Å²) in [5.41, 5.74) is -0.508. The smallest absolute Gasteiger partial charge is 0.191 e. The normalized spacial score (nSPS) is 21.1. The minimum atomic E-state index is -0.508. The quantitative estimate of drug-likeness (QED) is 0.835. The number of rotatable bonds is 5. The van der Waals surface area contributed by atoms with Crippen molar-refractivity contribution in [2.45, 2.75) is 61.7 Å². The predicted molar refractivity (Wildman–Crippen MR) is 90.4 cm³/mol. The molecule has 2 aliphatic rings. The van der Waals surface area contributed by atoms with Crippen molar-refractivity contribution in [3.8, 4) is 10.7 Å². The molecule has 2 aromatic heterocycles. The zero-order valence-electron chi connectivity index (χ0n) is 12.6. The molecule has 0 bridgehead atoms. The molecule has 6 heteroatoms. The topological polar surface area (TPSA) is 50.9 Å². The van der Waals surface area contributed by atoms with Gasteiger partial charge in [-0.1, -0.05) is 37.1 Å². The molecule has 1 N–H and O–H groups in total. The van der Waals surface area contributed by atoms with Gasteiger partial charge in [-0.05, 0) is 37.1 Å². The molecule has 0 unspecified atom stereocenters. The molecule has 22 heavy (non-hydrogen) atoms. The highest BCUT2D eigenvalue weighted by molar-refractivity contribution is 7.99. The molecule has 0 radical (unpaired) electrons. The molecule has 2 aromatic rings. The van der Waals surface area contributed by atoms with Gasteiger partial charge in [-0.2, -0.15) is 0 Å². The number of nitrogens with zero attached hydrogens (tertiary/aromatic N) is 3. The third-order valence-corrected chi connectivity index (χ3v) is 6.66. The Balaban J connectivity index is 1.54. The van der Waals surface area contributed by atoms with Gasteiger partial charge in [-0.15, -0.1) is 21.5 Å². The van der Waals surface area contributed by atoms with Crippen LogP contribution in [0.4, 0.5) is 0 Å². The van der Waals surface area contributed by atoms with Crippen LogP contribution in [0.3, 0.4) is 0 Å². The second-order valence-electron chi connectivity index (χ2n) is 6.46. The standard InChI is InChI=1S/C16H21N3OS2/c20-16(8-2-1-3-9-16)11-22-15-18-17-14(13-5-4-10-21-13)19(15)12-6-7-12/h4-5,10,12,20H,1-3,6-9,11H2. The van der Waals surface area contributed by atoms with Gasteiger partial charge in [0.2, 0.25) is 0 Å². The van der Waals surface area contributed by atoms with Crippen LogP contribution in [-0.4, -0.2) is 31.2 Å². The van der Waals surface area contributed by atoms with Crippen LogP contribution in [0.25, 0.3) is 10.7 Å². The summed E-state index contributed by atoms with van der Waals surface area (Å²) in [7, 11) is 0. The van der Waals surface area contributed by atoms with Crippen LogP contribution in [0.5, 0.6) is 0 Å². The Labute approximate surface area is 139 Å². The summed E-state index contributed by atoms with van der Waals surface area (Å²) in [5.74, 6) is 1.73. The van der Waals surface area contributed by atoms with E-state index in [2.05, 4.69) is 32.3 Å². The fraction of sp³-hybridized carbons (Fsp3) is 0.625. The van der Waals surface area contributed by atoms with Crippen LogP contribution >= 0.6 is 23.1 Å². The monoisotopic (exact) mass is 335 g/mol. The Hall–Kier alpha value is -0.850. The first-order valence-electron chi connectivity index (χ1n) is 8.09. The maximum Gasteiger partial charge on any atom is 0.191 e. The molecule has 0 saturated heterocycles. The Morgan fingerprint density at radius 3 is 2.77 bits per heavy atom. The molecular weight excluding hydrogens is 314 g/mol. The Bertz CT molecular complexity index is 628. The molecule has 0 aromatic carbocycles. The summed E-state index contributed by atoms with van der Waals surface area (Å²) in [5, 5.41) is 22.6. The van der Waals surface area contributed by atoms with E-state index < -0.39 is 5.60 Å². The highest BCUT2D eigenvalue weighted by Crippen LogP contribution is 2.42. The van der Waals surface area contributed by atoms with Crippen molar-refractivity contribution in [3.05, 3.63) is 17.5 Å². The Morgan fingerprint density at radius 1 is 1.27 bits per heavy atom. The van der Waals surface area contributed by atoms with Crippen molar-refractivity contribution < 1.29 is 5.11 Å². The van der Waals surface area contributed by atoms with Gasteiger partial charge >= 0.3 is 0 Å². The zero-order chi connectivity index (χ0) is 15.0. The van der Waals surface area contributed by atoms with E-state index in [1.165, 1.54) is 24.1 Å². The summed E-state index contributed by atoms with van der Waals surface area (Å²) in [6.07, 6.45) is 7.83. The van der Waals surface area contributed by atoms with Gasteiger partial charge in [-0.25, -0.2) is 0 Å². The van der Waals surface area contributed by atoms with Crippen molar-refractivity contribution in [2.24, 2.45) is 0 Å². The van der Waals surface area contributed by atoms with Crippen LogP contribution in [0, 0.1) is 0 Å². The predicted octanol–water partition coefficient (Wildman–Crippen LogP) is 4.13. The van der Waals surface area contributed by atoms with Crippen LogP contribution in [0.2, 0.25) is 0 Å². The van der Waals surface area contributed by atoms with Gasteiger partial charge in [0.15, 0.2) is 11.0 Å². The number of hydrogen-bond acceptors (Lipinski definition) is 5. The lowest BCUT2D eigenvalue weighted by Crippen LogP contribution is -2.34. The van der Waals surface area contributed by atoms with E-state index in [1.807, 2.05) is 0 Å². The highest BCUT2D eigenvalue weighted by atomic mass is 32.2. The fourth-order valence-corrected chi connectivity index (χ4v) is 5.03. The van der Waals surface area contributed by atoms with Crippen LogP contribution in [0.15, 0.2) is 22.7 Å². The summed E-state index contributed by atoms with van der Waals surface area (Å²) < 4.78 is 2.29. The maximum absolute atomic E-state index is 10.7. The van der Waals surface area contributed by atoms with E-state index in [0.717, 1.165) is 42.4 Å². The van der Waals surface area contributed by atoms with Gasteiger partial charge in [0.25, 0.3) is 0 Å². The third-order valence-electron chi connectivity index (χ3n) is 4.57. The van der Waals surface area contributed by atoms with Gasteiger partial charge in [-0.3, -0.25) is 4.57 Å². The van der Waals surface area contributed by atoms with Crippen LogP contribution < -0.4 is 0 Å². The van der Waals surface area contributed by atoms with E-state index in [-0.39, 0.29) is 0 Å². The minimum Gasteiger partial charge on any atom is -0.389 e. The number of aliphatic hydroxyl groups is 1. The molecule has 2 aliphatic carbocycles. The highest BCUT2D eigenvalue weighted by Gasteiger charge is 2.33. The number of thioether (sulfide) groups is 1. The summed E-state index contributed by atoms with van der Waals surface area (Å²) in [6, 6.07) is 4.72. The van der Waals surface area contributed by atoms with Crippen LogP contribution in [0.1, 0.15) is 51.0 Å². The van der Waals surface area contributed by atoms with Crippen molar-refractivity contribution in [1.82, 2.24) is 14.8 Å². The van der Waals surface area contributed by atoms with Crippen molar-refractivity contribution >= 4 is 23.1 Å². The SMILES string of the molecule is OC1(CSc2nnc(-c3cccs3)n2C2CC2)CCCCC1. The molecule has 2 saturated carbocycles. The fourth-order valence-electron chi connectivity index (χ4n) is 3.16. The minimum absolute atomic E-state index is 0.508. The molecule has 2 fully saturated rings. The van der Waals surface area contributed by atoms with E-state index in [9.17, 15) is 5.11 Å². The molecule has 118 valence electrons. The summed E-state index contributed by atoms with van der Waals surface area (Å²) in [4.78, 5) is 1.18. The molecule has 4 rings (SSSR count). The van der Waals surface area contributed by atoms with Gasteiger partial charge in [0.05, 0.1) is 10.5 Å². The molecule has 4 nitrogen and oxygen atoms in total. The average molecular weight is 335 g/mol. The summed E-state index contributed by atoms with van der Waals surface area (Å²) in [6.45, 7) is 0. The molecule has 0 aliphatic heterocycles. The lowest BCUT2D eigenvalue weighted by Gasteiger charge is -2.31. The third kappa shape index (κ3) is 2.96. The lowest BCUT2D eigenvalue weighted by atomic mass is 9.86. The van der Waals surface area contributed by atoms with Gasteiger partial charge in [0, 0.05) is 11.8 Å². The van der Waals surface area contributed by atoms with Gasteiger partial charge in [0.1, 0.15) is 0 Å². The molecule has 2 heterocycles. The first-order chi connectivity index (χ1) is 10.8. The Kier molecular flexibility index (Phi) is 4.00. The largest absolute Gasteiger partial charge is 0.389 e. The molecule has 0 spiro atoms.